The van der Waals surface area contributed by atoms with Crippen LogP contribution in [0.4, 0.5) is 22.7 Å². The van der Waals surface area contributed by atoms with Crippen LogP contribution in [0, 0.1) is 0 Å². The second-order valence-corrected chi connectivity index (χ2v) is 11.3. The summed E-state index contributed by atoms with van der Waals surface area (Å²) in [7, 11) is -0.114. The molecule has 0 saturated carbocycles. The summed E-state index contributed by atoms with van der Waals surface area (Å²) in [6, 6.07) is 20.6. The molecular formula is C27H29N5O4S. The van der Waals surface area contributed by atoms with Gasteiger partial charge in [0.05, 0.1) is 22.0 Å². The van der Waals surface area contributed by atoms with Crippen molar-refractivity contribution in [1.29, 1.82) is 0 Å². The molecule has 0 bridgehead atoms. The van der Waals surface area contributed by atoms with Gasteiger partial charge in [-0.2, -0.15) is 10.2 Å². The fraction of sp³-hybridized carbons (Fsp3) is 0.222. The first-order chi connectivity index (χ1) is 17.4. The summed E-state index contributed by atoms with van der Waals surface area (Å²) in [5, 5.41) is 8.96. The van der Waals surface area contributed by atoms with E-state index < -0.39 is 21.6 Å². The van der Waals surface area contributed by atoms with Crippen molar-refractivity contribution >= 4 is 49.6 Å². The molecule has 4 aromatic rings. The first-order valence-electron chi connectivity index (χ1n) is 11.6. The summed E-state index contributed by atoms with van der Waals surface area (Å²) in [5.41, 5.74) is 2.25. The van der Waals surface area contributed by atoms with E-state index in [1.54, 1.807) is 57.2 Å². The van der Waals surface area contributed by atoms with E-state index in [0.29, 0.717) is 22.3 Å². The van der Waals surface area contributed by atoms with E-state index in [1.807, 2.05) is 43.3 Å². The molecule has 4 rings (SSSR count). The monoisotopic (exact) mass is 519 g/mol. The molecule has 9 nitrogen and oxygen atoms in total. The third-order valence-corrected chi connectivity index (χ3v) is 6.71. The van der Waals surface area contributed by atoms with E-state index in [-0.39, 0.29) is 16.3 Å². The number of para-hydroxylation sites is 1. The van der Waals surface area contributed by atoms with Crippen LogP contribution in [0.25, 0.3) is 10.9 Å². The smallest absolute Gasteiger partial charge is 0.357 e. The van der Waals surface area contributed by atoms with Crippen LogP contribution in [0.15, 0.2) is 87.9 Å². The number of nitrogens with zero attached hydrogens (tertiary/aromatic N) is 3. The van der Waals surface area contributed by atoms with Crippen LogP contribution < -0.4 is 9.62 Å². The number of anilines is 2. The molecule has 0 unspecified atom stereocenters. The molecule has 0 amide bonds. The molecule has 0 atom stereocenters. The Morgan fingerprint density at radius 3 is 2.03 bits per heavy atom. The molecular weight excluding hydrogens is 490 g/mol. The van der Waals surface area contributed by atoms with Crippen molar-refractivity contribution in [2.24, 2.45) is 10.2 Å². The molecule has 0 aliphatic rings. The van der Waals surface area contributed by atoms with Crippen LogP contribution in [0.1, 0.15) is 31.3 Å². The number of H-pyrrole nitrogens is 1. The Morgan fingerprint density at radius 1 is 0.892 bits per heavy atom. The summed E-state index contributed by atoms with van der Waals surface area (Å²) >= 11 is 0. The SMILES string of the molecule is CN(C)c1ccc(N=Nc2ccc(S(=O)(=O)Nc3c(C(=O)OC(C)(C)C)[nH]c4ccccc34)cc2)cc1. The maximum Gasteiger partial charge on any atom is 0.357 e. The Labute approximate surface area is 216 Å². The molecule has 10 heteroatoms. The first-order valence-corrected chi connectivity index (χ1v) is 13.1. The van der Waals surface area contributed by atoms with Gasteiger partial charge >= 0.3 is 5.97 Å². The summed E-state index contributed by atoms with van der Waals surface area (Å²) < 4.78 is 34.5. The van der Waals surface area contributed by atoms with Gasteiger partial charge in [0.15, 0.2) is 5.69 Å². The van der Waals surface area contributed by atoms with Crippen molar-refractivity contribution in [3.63, 3.8) is 0 Å². The van der Waals surface area contributed by atoms with Gasteiger partial charge in [0.25, 0.3) is 10.0 Å². The molecule has 0 saturated heterocycles. The highest BCUT2D eigenvalue weighted by molar-refractivity contribution is 7.92. The van der Waals surface area contributed by atoms with Gasteiger partial charge in [0.2, 0.25) is 0 Å². The van der Waals surface area contributed by atoms with E-state index in [0.717, 1.165) is 5.69 Å². The largest absolute Gasteiger partial charge is 0.455 e. The zero-order valence-corrected chi connectivity index (χ0v) is 22.1. The van der Waals surface area contributed by atoms with Crippen LogP contribution in [0.2, 0.25) is 0 Å². The Hall–Kier alpha value is -4.18. The van der Waals surface area contributed by atoms with E-state index in [2.05, 4.69) is 19.9 Å². The van der Waals surface area contributed by atoms with Gasteiger partial charge in [-0.25, -0.2) is 13.2 Å². The van der Waals surface area contributed by atoms with E-state index in [1.165, 1.54) is 12.1 Å². The summed E-state index contributed by atoms with van der Waals surface area (Å²) in [6.07, 6.45) is 0. The van der Waals surface area contributed by atoms with Crippen LogP contribution in [0.5, 0.6) is 0 Å². The molecule has 192 valence electrons. The fourth-order valence-corrected chi connectivity index (χ4v) is 4.64. The van der Waals surface area contributed by atoms with E-state index >= 15 is 0 Å². The van der Waals surface area contributed by atoms with Crippen molar-refractivity contribution in [2.45, 2.75) is 31.3 Å². The number of esters is 1. The number of benzene rings is 3. The maximum atomic E-state index is 13.2. The van der Waals surface area contributed by atoms with Gasteiger partial charge in [-0.1, -0.05) is 18.2 Å². The number of sulfonamides is 1. The minimum absolute atomic E-state index is 0.0159. The molecule has 2 N–H and O–H groups in total. The molecule has 0 aliphatic carbocycles. The lowest BCUT2D eigenvalue weighted by atomic mass is 10.2. The number of aromatic amines is 1. The highest BCUT2D eigenvalue weighted by atomic mass is 32.2. The number of aromatic nitrogens is 1. The number of hydrogen-bond donors (Lipinski definition) is 2. The van der Waals surface area contributed by atoms with Gasteiger partial charge in [0, 0.05) is 30.7 Å². The van der Waals surface area contributed by atoms with Crippen LogP contribution in [-0.4, -0.2) is 39.1 Å². The Kier molecular flexibility index (Phi) is 7.04. The zero-order valence-electron chi connectivity index (χ0n) is 21.3. The van der Waals surface area contributed by atoms with E-state index in [9.17, 15) is 13.2 Å². The van der Waals surface area contributed by atoms with Crippen LogP contribution >= 0.6 is 0 Å². The average molecular weight is 520 g/mol. The lowest BCUT2D eigenvalue weighted by Crippen LogP contribution is -2.25. The highest BCUT2D eigenvalue weighted by Gasteiger charge is 2.27. The quantitative estimate of drug-likeness (QED) is 0.216. The normalized spacial score (nSPS) is 12.1. The Bertz CT molecular complexity index is 1550. The minimum Gasteiger partial charge on any atom is -0.455 e. The first kappa shape index (κ1) is 25.9. The number of carbonyl (C=O) groups is 1. The summed E-state index contributed by atoms with van der Waals surface area (Å²) in [5.74, 6) is -0.657. The molecule has 1 heterocycles. The number of rotatable bonds is 7. The number of hydrogen-bond acceptors (Lipinski definition) is 7. The van der Waals surface area contributed by atoms with Gasteiger partial charge < -0.3 is 14.6 Å². The average Bonchev–Trinajstić information content (AvgIpc) is 3.20. The van der Waals surface area contributed by atoms with Crippen molar-refractivity contribution in [3.8, 4) is 0 Å². The van der Waals surface area contributed by atoms with Crippen LogP contribution in [0.3, 0.4) is 0 Å². The second kappa shape index (κ2) is 10.1. The lowest BCUT2D eigenvalue weighted by Gasteiger charge is -2.19. The van der Waals surface area contributed by atoms with Crippen molar-refractivity contribution in [2.75, 3.05) is 23.7 Å². The highest BCUT2D eigenvalue weighted by Crippen LogP contribution is 2.32. The zero-order chi connectivity index (χ0) is 26.8. The molecule has 0 fully saturated rings. The van der Waals surface area contributed by atoms with Gasteiger partial charge in [-0.15, -0.1) is 0 Å². The molecule has 1 aromatic heterocycles. The fourth-order valence-electron chi connectivity index (χ4n) is 3.55. The van der Waals surface area contributed by atoms with Gasteiger partial charge in [-0.3, -0.25) is 4.72 Å². The Balaban J connectivity index is 1.58. The molecule has 0 radical (unpaired) electrons. The van der Waals surface area contributed by atoms with Crippen LogP contribution in [-0.2, 0) is 14.8 Å². The predicted molar refractivity (Wildman–Crippen MR) is 146 cm³/mol. The number of carbonyl (C=O) groups excluding carboxylic acids is 1. The summed E-state index contributed by atoms with van der Waals surface area (Å²) in [4.78, 5) is 17.8. The third kappa shape index (κ3) is 6.15. The lowest BCUT2D eigenvalue weighted by molar-refractivity contribution is 0.00651. The minimum atomic E-state index is -4.03. The third-order valence-electron chi connectivity index (χ3n) is 5.34. The van der Waals surface area contributed by atoms with Crippen molar-refractivity contribution in [3.05, 3.63) is 78.5 Å². The maximum absolute atomic E-state index is 13.2. The van der Waals surface area contributed by atoms with Gasteiger partial charge in [0.1, 0.15) is 5.60 Å². The number of fused-ring (bicyclic) bond motifs is 1. The number of ether oxygens (including phenoxy) is 1. The summed E-state index contributed by atoms with van der Waals surface area (Å²) in [6.45, 7) is 5.24. The molecule has 0 spiro atoms. The predicted octanol–water partition coefficient (Wildman–Crippen LogP) is 6.41. The van der Waals surface area contributed by atoms with Gasteiger partial charge in [-0.05, 0) is 75.4 Å². The number of nitrogens with one attached hydrogen (secondary N) is 2. The second-order valence-electron chi connectivity index (χ2n) is 9.63. The van der Waals surface area contributed by atoms with Crippen molar-refractivity contribution < 1.29 is 17.9 Å². The standard InChI is InChI=1S/C27H29N5O4S/c1-27(2,3)36-26(33)25-24(22-8-6-7-9-23(22)28-25)31-37(34,35)21-16-12-19(13-17-21)30-29-18-10-14-20(15-11-18)32(4)5/h6-17,28,31H,1-5H3. The number of azo groups is 1. The topological polar surface area (TPSA) is 116 Å². The van der Waals surface area contributed by atoms with Crippen molar-refractivity contribution in [1.82, 2.24) is 4.98 Å². The molecule has 0 aliphatic heterocycles. The molecule has 3 aromatic carbocycles. The Morgan fingerprint density at radius 2 is 1.46 bits per heavy atom. The van der Waals surface area contributed by atoms with E-state index in [4.69, 9.17) is 4.74 Å². The molecule has 37 heavy (non-hydrogen) atoms.